The van der Waals surface area contributed by atoms with Crippen LogP contribution in [0, 0.1) is 23.8 Å². The van der Waals surface area contributed by atoms with Crippen LogP contribution in [-0.2, 0) is 17.9 Å². The van der Waals surface area contributed by atoms with E-state index in [1.807, 2.05) is 65.5 Å². The Labute approximate surface area is 246 Å². The normalized spacial score (nSPS) is 13.9. The van der Waals surface area contributed by atoms with Gasteiger partial charge in [0, 0.05) is 31.5 Å². The van der Waals surface area contributed by atoms with E-state index in [4.69, 9.17) is 16.5 Å². The molecule has 42 heavy (non-hydrogen) atoms. The van der Waals surface area contributed by atoms with Gasteiger partial charge >= 0.3 is 0 Å². The van der Waals surface area contributed by atoms with Crippen LogP contribution in [0.2, 0.25) is 0 Å². The molecule has 5 rings (SSSR count). The zero-order valence-corrected chi connectivity index (χ0v) is 23.5. The molecule has 2 aromatic heterocycles. The second kappa shape index (κ2) is 14.0. The molecule has 1 aliphatic rings. The molecule has 0 aliphatic heterocycles. The molecule has 0 saturated heterocycles. The smallest absolute Gasteiger partial charge is 0.242 e. The number of nitriles is 1. The predicted octanol–water partition coefficient (Wildman–Crippen LogP) is 6.37. The van der Waals surface area contributed by atoms with E-state index in [0.717, 1.165) is 30.4 Å². The first kappa shape index (κ1) is 28.4. The lowest BCUT2D eigenvalue weighted by molar-refractivity contribution is -0.122. The van der Waals surface area contributed by atoms with Gasteiger partial charge in [-0.1, -0.05) is 68.5 Å². The Hall–Kier alpha value is -5.15. The SMILES string of the molecule is [C-]#[N+]c1ccc(CNC(=O)C(CC2CCCCC2)Nc2cc(-n3cccc3)nc(NCc3cccc(C#N)c3)n2)cc1. The molecule has 3 N–H and O–H groups in total. The van der Waals surface area contributed by atoms with Gasteiger partial charge in [0.2, 0.25) is 11.9 Å². The van der Waals surface area contributed by atoms with E-state index in [2.05, 4.69) is 26.9 Å². The first-order chi connectivity index (χ1) is 20.6. The lowest BCUT2D eigenvalue weighted by Crippen LogP contribution is -2.41. The average molecular weight is 559 g/mol. The van der Waals surface area contributed by atoms with Crippen LogP contribution in [0.3, 0.4) is 0 Å². The number of aromatic nitrogens is 3. The number of nitrogens with one attached hydrogen (secondary N) is 3. The van der Waals surface area contributed by atoms with Gasteiger partial charge in [-0.2, -0.15) is 15.2 Å². The molecule has 212 valence electrons. The molecule has 1 aliphatic carbocycles. The standard InChI is InChI=1S/C33H34N8O/c1-35-28-14-12-25(13-15-28)22-36-32(42)29(19-24-8-3-2-4-9-24)38-30-20-31(41-16-5-6-17-41)40-33(39-30)37-23-27-11-7-10-26(18-27)21-34/h5-7,10-18,20,24,29H,2-4,8-9,19,22-23H2,(H,36,42)(H2,37,38,39,40). The van der Waals surface area contributed by atoms with Crippen LogP contribution in [0.15, 0.2) is 79.1 Å². The third-order valence-electron chi connectivity index (χ3n) is 7.55. The van der Waals surface area contributed by atoms with Gasteiger partial charge in [0.1, 0.15) is 17.7 Å². The fourth-order valence-corrected chi connectivity index (χ4v) is 5.31. The van der Waals surface area contributed by atoms with Crippen LogP contribution >= 0.6 is 0 Å². The maximum Gasteiger partial charge on any atom is 0.242 e. The molecule has 9 nitrogen and oxygen atoms in total. The number of hydrogen-bond donors (Lipinski definition) is 3. The van der Waals surface area contributed by atoms with Gasteiger partial charge in [-0.3, -0.25) is 4.79 Å². The van der Waals surface area contributed by atoms with Crippen LogP contribution in [0.25, 0.3) is 10.7 Å². The highest BCUT2D eigenvalue weighted by Gasteiger charge is 2.25. The molecule has 1 unspecified atom stereocenters. The van der Waals surface area contributed by atoms with Gasteiger partial charge in [0.15, 0.2) is 5.69 Å². The molecule has 9 heteroatoms. The van der Waals surface area contributed by atoms with Crippen molar-refractivity contribution in [2.24, 2.45) is 5.92 Å². The molecule has 2 heterocycles. The van der Waals surface area contributed by atoms with Crippen LogP contribution < -0.4 is 16.0 Å². The number of nitrogens with zero attached hydrogens (tertiary/aromatic N) is 5. The van der Waals surface area contributed by atoms with E-state index < -0.39 is 6.04 Å². The molecule has 0 bridgehead atoms. The highest BCUT2D eigenvalue weighted by Crippen LogP contribution is 2.28. The number of anilines is 2. The fourth-order valence-electron chi connectivity index (χ4n) is 5.31. The van der Waals surface area contributed by atoms with E-state index >= 15 is 0 Å². The Kier molecular flexibility index (Phi) is 9.43. The van der Waals surface area contributed by atoms with Crippen molar-refractivity contribution in [3.8, 4) is 11.9 Å². The fraction of sp³-hybridized carbons (Fsp3) is 0.303. The molecule has 4 aromatic rings. The Morgan fingerprint density at radius 3 is 2.52 bits per heavy atom. The summed E-state index contributed by atoms with van der Waals surface area (Å²) < 4.78 is 1.90. The second-order valence-electron chi connectivity index (χ2n) is 10.6. The maximum absolute atomic E-state index is 13.6. The third kappa shape index (κ3) is 7.74. The van der Waals surface area contributed by atoms with Gasteiger partial charge in [0.25, 0.3) is 0 Å². The monoisotopic (exact) mass is 558 g/mol. The maximum atomic E-state index is 13.6. The lowest BCUT2D eigenvalue weighted by atomic mass is 9.84. The molecule has 1 atom stereocenters. The Balaban J connectivity index is 1.36. The molecule has 2 aromatic carbocycles. The van der Waals surface area contributed by atoms with Crippen LogP contribution in [0.1, 0.15) is 55.2 Å². The van der Waals surface area contributed by atoms with Gasteiger partial charge in [0.05, 0.1) is 18.2 Å². The van der Waals surface area contributed by atoms with Crippen LogP contribution in [0.5, 0.6) is 0 Å². The minimum atomic E-state index is -0.469. The van der Waals surface area contributed by atoms with Crippen molar-refractivity contribution in [1.29, 1.82) is 5.26 Å². The van der Waals surface area contributed by atoms with Crippen molar-refractivity contribution in [3.05, 3.63) is 107 Å². The van der Waals surface area contributed by atoms with E-state index in [1.165, 1.54) is 19.3 Å². The summed E-state index contributed by atoms with van der Waals surface area (Å²) in [6, 6.07) is 22.1. The lowest BCUT2D eigenvalue weighted by Gasteiger charge is -2.27. The van der Waals surface area contributed by atoms with Crippen molar-refractivity contribution in [2.45, 2.75) is 57.7 Å². The summed E-state index contributed by atoms with van der Waals surface area (Å²) in [6.07, 6.45) is 10.4. The summed E-state index contributed by atoms with van der Waals surface area (Å²) in [4.78, 5) is 26.5. The summed E-state index contributed by atoms with van der Waals surface area (Å²) in [5.41, 5.74) is 3.05. The summed E-state index contributed by atoms with van der Waals surface area (Å²) in [5.74, 6) is 2.03. The molecule has 1 saturated carbocycles. The highest BCUT2D eigenvalue weighted by atomic mass is 16.2. The van der Waals surface area contributed by atoms with Crippen LogP contribution in [-0.4, -0.2) is 26.5 Å². The molecule has 0 spiro atoms. The van der Waals surface area contributed by atoms with E-state index in [0.29, 0.717) is 47.8 Å². The summed E-state index contributed by atoms with van der Waals surface area (Å²) in [5, 5.41) is 19.1. The zero-order chi connectivity index (χ0) is 29.1. The topological polar surface area (TPSA) is 112 Å². The van der Waals surface area contributed by atoms with Crippen molar-refractivity contribution in [2.75, 3.05) is 10.6 Å². The van der Waals surface area contributed by atoms with Crippen molar-refractivity contribution < 1.29 is 4.79 Å². The summed E-state index contributed by atoms with van der Waals surface area (Å²) in [7, 11) is 0. The third-order valence-corrected chi connectivity index (χ3v) is 7.55. The number of hydrogen-bond acceptors (Lipinski definition) is 6. The summed E-state index contributed by atoms with van der Waals surface area (Å²) >= 11 is 0. The first-order valence-electron chi connectivity index (χ1n) is 14.4. The van der Waals surface area contributed by atoms with E-state index in [1.54, 1.807) is 18.2 Å². The molecular formula is C33H34N8O. The Morgan fingerprint density at radius 1 is 1.00 bits per heavy atom. The van der Waals surface area contributed by atoms with Gasteiger partial charge in [-0.15, -0.1) is 0 Å². The molecular weight excluding hydrogens is 524 g/mol. The van der Waals surface area contributed by atoms with E-state index in [-0.39, 0.29) is 5.91 Å². The molecule has 1 fully saturated rings. The molecule has 1 amide bonds. The first-order valence-corrected chi connectivity index (χ1v) is 14.4. The van der Waals surface area contributed by atoms with E-state index in [9.17, 15) is 10.1 Å². The van der Waals surface area contributed by atoms with Crippen molar-refractivity contribution in [3.63, 3.8) is 0 Å². The number of carbonyl (C=O) groups is 1. The van der Waals surface area contributed by atoms with Gasteiger partial charge in [-0.05, 0) is 47.7 Å². The zero-order valence-electron chi connectivity index (χ0n) is 23.5. The van der Waals surface area contributed by atoms with Crippen LogP contribution in [0.4, 0.5) is 17.5 Å². The number of carbonyl (C=O) groups excluding carboxylic acids is 1. The Bertz CT molecular complexity index is 1560. The number of rotatable bonds is 11. The predicted molar refractivity (Wildman–Crippen MR) is 163 cm³/mol. The quantitative estimate of drug-likeness (QED) is 0.185. The Morgan fingerprint density at radius 2 is 1.79 bits per heavy atom. The van der Waals surface area contributed by atoms with Crippen molar-refractivity contribution in [1.82, 2.24) is 19.9 Å². The summed E-state index contributed by atoms with van der Waals surface area (Å²) in [6.45, 7) is 7.98. The number of benzene rings is 2. The van der Waals surface area contributed by atoms with Gasteiger partial charge in [-0.25, -0.2) is 4.85 Å². The highest BCUT2D eigenvalue weighted by molar-refractivity contribution is 5.84. The molecule has 0 radical (unpaired) electrons. The number of amides is 1. The van der Waals surface area contributed by atoms with Gasteiger partial charge < -0.3 is 20.5 Å². The minimum absolute atomic E-state index is 0.0845. The van der Waals surface area contributed by atoms with Crippen molar-refractivity contribution >= 4 is 23.4 Å². The second-order valence-corrected chi connectivity index (χ2v) is 10.6. The minimum Gasteiger partial charge on any atom is -0.358 e. The largest absolute Gasteiger partial charge is 0.358 e. The average Bonchev–Trinajstić information content (AvgIpc) is 3.59.